The third-order valence-electron chi connectivity index (χ3n) is 4.35. The predicted octanol–water partition coefficient (Wildman–Crippen LogP) is 5.07. The van der Waals surface area contributed by atoms with Crippen molar-refractivity contribution >= 4 is 17.3 Å². The molecule has 0 saturated heterocycles. The van der Waals surface area contributed by atoms with Crippen LogP contribution < -0.4 is 0 Å². The molecule has 0 aliphatic carbocycles. The van der Waals surface area contributed by atoms with Gasteiger partial charge in [0.05, 0.1) is 16.6 Å². The average molecular weight is 343 g/mol. The lowest BCUT2D eigenvalue weighted by Gasteiger charge is -2.10. The number of hydrogen-bond donors (Lipinski definition) is 0. The van der Waals surface area contributed by atoms with Crippen molar-refractivity contribution < 1.29 is 4.92 Å². The van der Waals surface area contributed by atoms with Crippen LogP contribution in [0.5, 0.6) is 0 Å². The highest BCUT2D eigenvalue weighted by atomic mass is 16.6. The maximum absolute atomic E-state index is 10.8. The van der Waals surface area contributed by atoms with Crippen LogP contribution in [0.1, 0.15) is 22.4 Å². The van der Waals surface area contributed by atoms with E-state index in [9.17, 15) is 15.4 Å². The van der Waals surface area contributed by atoms with Crippen molar-refractivity contribution in [3.05, 3.63) is 93.3 Å². The van der Waals surface area contributed by atoms with Crippen molar-refractivity contribution in [2.24, 2.45) is 0 Å². The summed E-state index contributed by atoms with van der Waals surface area (Å²) in [4.78, 5) is 10.3. The Labute approximate surface area is 151 Å². The largest absolute Gasteiger partial charge is 0.317 e. The number of non-ortho nitro benzene ring substituents is 1. The summed E-state index contributed by atoms with van der Waals surface area (Å²) in [5.74, 6) is 0. The first-order valence-corrected chi connectivity index (χ1v) is 8.11. The van der Waals surface area contributed by atoms with Crippen molar-refractivity contribution in [2.75, 3.05) is 0 Å². The van der Waals surface area contributed by atoms with Crippen molar-refractivity contribution in [1.29, 1.82) is 5.26 Å². The Balaban J connectivity index is 2.01. The number of benzene rings is 2. The molecule has 5 heteroatoms. The zero-order chi connectivity index (χ0) is 18.7. The van der Waals surface area contributed by atoms with Gasteiger partial charge in [0.2, 0.25) is 0 Å². The average Bonchev–Trinajstić information content (AvgIpc) is 3.10. The van der Waals surface area contributed by atoms with Gasteiger partial charge in [0.1, 0.15) is 0 Å². The van der Waals surface area contributed by atoms with Crippen LogP contribution in [0.25, 0.3) is 17.3 Å². The maximum Gasteiger partial charge on any atom is 0.269 e. The molecule has 0 atom stereocenters. The molecule has 3 aromatic rings. The van der Waals surface area contributed by atoms with Gasteiger partial charge in [-0.15, -0.1) is 0 Å². The molecule has 5 nitrogen and oxygen atoms in total. The zero-order valence-electron chi connectivity index (χ0n) is 14.5. The van der Waals surface area contributed by atoms with Gasteiger partial charge in [-0.25, -0.2) is 0 Å². The van der Waals surface area contributed by atoms with Gasteiger partial charge in [-0.1, -0.05) is 6.07 Å². The second-order valence-corrected chi connectivity index (χ2v) is 6.05. The normalized spacial score (nSPS) is 11.2. The van der Waals surface area contributed by atoms with Gasteiger partial charge in [-0.05, 0) is 73.0 Å². The van der Waals surface area contributed by atoms with E-state index in [0.29, 0.717) is 11.1 Å². The van der Waals surface area contributed by atoms with Crippen molar-refractivity contribution in [2.45, 2.75) is 13.8 Å². The first-order valence-electron chi connectivity index (χ1n) is 8.11. The molecule has 0 amide bonds. The van der Waals surface area contributed by atoms with Crippen LogP contribution in [0.4, 0.5) is 5.69 Å². The van der Waals surface area contributed by atoms with Gasteiger partial charge >= 0.3 is 0 Å². The molecular formula is C21H17N3O2. The Hall–Kier alpha value is -3.65. The summed E-state index contributed by atoms with van der Waals surface area (Å²) in [6.07, 6.45) is 3.73. The van der Waals surface area contributed by atoms with E-state index in [-0.39, 0.29) is 5.69 Å². The first-order chi connectivity index (χ1) is 12.5. The predicted molar refractivity (Wildman–Crippen MR) is 102 cm³/mol. The number of aryl methyl sites for hydroxylation is 2. The third kappa shape index (κ3) is 3.40. The molecule has 0 bridgehead atoms. The number of rotatable bonds is 4. The number of nitriles is 1. The minimum absolute atomic E-state index is 0.00421. The number of hydrogen-bond acceptors (Lipinski definition) is 3. The van der Waals surface area contributed by atoms with Crippen LogP contribution in [0.15, 0.2) is 60.8 Å². The highest BCUT2D eigenvalue weighted by molar-refractivity contribution is 5.89. The first kappa shape index (κ1) is 17.2. The molecule has 1 heterocycles. The van der Waals surface area contributed by atoms with E-state index in [1.165, 1.54) is 23.3 Å². The van der Waals surface area contributed by atoms with E-state index in [0.717, 1.165) is 11.4 Å². The lowest BCUT2D eigenvalue weighted by atomic mass is 10.1. The number of nitro benzene ring substituents is 1. The van der Waals surface area contributed by atoms with E-state index in [2.05, 4.69) is 32.0 Å². The number of nitrogens with zero attached hydrogens (tertiary/aromatic N) is 3. The molecule has 0 spiro atoms. The van der Waals surface area contributed by atoms with Gasteiger partial charge in [0.15, 0.2) is 0 Å². The molecule has 128 valence electrons. The summed E-state index contributed by atoms with van der Waals surface area (Å²) in [5, 5.41) is 20.3. The Morgan fingerprint density at radius 1 is 1.12 bits per heavy atom. The molecule has 0 N–H and O–H groups in total. The lowest BCUT2D eigenvalue weighted by Crippen LogP contribution is -1.96. The lowest BCUT2D eigenvalue weighted by molar-refractivity contribution is -0.384. The molecule has 0 radical (unpaired) electrons. The zero-order valence-corrected chi connectivity index (χ0v) is 14.5. The van der Waals surface area contributed by atoms with Gasteiger partial charge in [0, 0.05) is 29.7 Å². The van der Waals surface area contributed by atoms with Crippen molar-refractivity contribution in [3.63, 3.8) is 0 Å². The molecule has 0 aliphatic rings. The summed E-state index contributed by atoms with van der Waals surface area (Å²) in [7, 11) is 0. The molecule has 1 aromatic heterocycles. The van der Waals surface area contributed by atoms with E-state index >= 15 is 0 Å². The maximum atomic E-state index is 10.8. The molecule has 3 rings (SSSR count). The molecule has 0 unspecified atom stereocenters. The minimum Gasteiger partial charge on any atom is -0.317 e. The number of nitro groups is 1. The molecule has 0 saturated carbocycles. The number of allylic oxidation sites excluding steroid dienone is 1. The summed E-state index contributed by atoms with van der Waals surface area (Å²) < 4.78 is 2.01. The standard InChI is InChI=1S/C21H17N3O2/c1-15-5-8-21(12-16(15)2)23-11-3-4-20(23)13-18(14-22)17-6-9-19(10-7-17)24(25)26/h3-13H,1-2H3/b18-13-. The van der Waals surface area contributed by atoms with E-state index in [1.54, 1.807) is 18.2 Å². The number of aromatic nitrogens is 1. The molecule has 0 aliphatic heterocycles. The fraction of sp³-hybridized carbons (Fsp3) is 0.0952. The highest BCUT2D eigenvalue weighted by Gasteiger charge is 2.09. The summed E-state index contributed by atoms with van der Waals surface area (Å²) in [5.41, 5.74) is 5.40. The van der Waals surface area contributed by atoms with E-state index < -0.39 is 4.92 Å². The second kappa shape index (κ2) is 7.08. The molecule has 26 heavy (non-hydrogen) atoms. The molecular weight excluding hydrogens is 326 g/mol. The highest BCUT2D eigenvalue weighted by Crippen LogP contribution is 2.23. The van der Waals surface area contributed by atoms with Crippen LogP contribution in [-0.2, 0) is 0 Å². The Morgan fingerprint density at radius 2 is 1.85 bits per heavy atom. The van der Waals surface area contributed by atoms with Gasteiger partial charge < -0.3 is 4.57 Å². The van der Waals surface area contributed by atoms with E-state index in [4.69, 9.17) is 0 Å². The summed E-state index contributed by atoms with van der Waals surface area (Å²) in [6, 6.07) is 18.2. The van der Waals surface area contributed by atoms with Gasteiger partial charge in [-0.3, -0.25) is 10.1 Å². The van der Waals surface area contributed by atoms with Gasteiger partial charge in [0.25, 0.3) is 5.69 Å². The summed E-state index contributed by atoms with van der Waals surface area (Å²) in [6.45, 7) is 4.13. The molecule has 2 aromatic carbocycles. The second-order valence-electron chi connectivity index (χ2n) is 6.05. The topological polar surface area (TPSA) is 71.9 Å². The smallest absolute Gasteiger partial charge is 0.269 e. The van der Waals surface area contributed by atoms with Crippen LogP contribution in [-0.4, -0.2) is 9.49 Å². The quantitative estimate of drug-likeness (QED) is 0.377. The Morgan fingerprint density at radius 3 is 2.46 bits per heavy atom. The van der Waals surface area contributed by atoms with Crippen LogP contribution in [0.2, 0.25) is 0 Å². The summed E-state index contributed by atoms with van der Waals surface area (Å²) >= 11 is 0. The third-order valence-corrected chi connectivity index (χ3v) is 4.35. The van der Waals surface area contributed by atoms with Crippen molar-refractivity contribution in [3.8, 4) is 11.8 Å². The monoisotopic (exact) mass is 343 g/mol. The Bertz CT molecular complexity index is 1040. The van der Waals surface area contributed by atoms with Crippen LogP contribution in [0, 0.1) is 35.3 Å². The fourth-order valence-electron chi connectivity index (χ4n) is 2.71. The van der Waals surface area contributed by atoms with Crippen LogP contribution in [0.3, 0.4) is 0 Å². The van der Waals surface area contributed by atoms with Crippen molar-refractivity contribution in [1.82, 2.24) is 4.57 Å². The van der Waals surface area contributed by atoms with Crippen LogP contribution >= 0.6 is 0 Å². The molecule has 0 fully saturated rings. The minimum atomic E-state index is -0.454. The fourth-order valence-corrected chi connectivity index (χ4v) is 2.71. The van der Waals surface area contributed by atoms with E-state index in [1.807, 2.05) is 29.0 Å². The SMILES string of the molecule is Cc1ccc(-n2cccc2/C=C(/C#N)c2ccc([N+](=O)[O-])cc2)cc1C. The Kier molecular flexibility index (Phi) is 4.68. The van der Waals surface area contributed by atoms with Gasteiger partial charge in [-0.2, -0.15) is 5.26 Å².